The van der Waals surface area contributed by atoms with Gasteiger partial charge in [-0.3, -0.25) is 0 Å². The van der Waals surface area contributed by atoms with E-state index < -0.39 is 0 Å². The van der Waals surface area contributed by atoms with Gasteiger partial charge in [0, 0.05) is 28.3 Å². The van der Waals surface area contributed by atoms with Gasteiger partial charge in [-0.1, -0.05) is 41.6 Å². The molecule has 0 radical (unpaired) electrons. The summed E-state index contributed by atoms with van der Waals surface area (Å²) in [5.74, 6) is 2.41. The third-order valence-electron chi connectivity index (χ3n) is 4.20. The first kappa shape index (κ1) is 19.5. The molecule has 148 valence electrons. The molecule has 0 atom stereocenters. The molecule has 2 aromatic carbocycles. The van der Waals surface area contributed by atoms with E-state index in [4.69, 9.17) is 18.9 Å². The van der Waals surface area contributed by atoms with Crippen LogP contribution in [0.3, 0.4) is 0 Å². The van der Waals surface area contributed by atoms with Crippen LogP contribution in [0.4, 0.5) is 0 Å². The molecule has 0 fully saturated rings. The Balaban J connectivity index is 1.44. The van der Waals surface area contributed by atoms with Crippen molar-refractivity contribution in [2.75, 3.05) is 14.2 Å². The molecule has 0 saturated carbocycles. The van der Waals surface area contributed by atoms with E-state index in [2.05, 4.69) is 46.8 Å². The fourth-order valence-corrected chi connectivity index (χ4v) is 4.24. The molecule has 0 aliphatic heterocycles. The van der Waals surface area contributed by atoms with Gasteiger partial charge in [0.2, 0.25) is 5.89 Å². The molecule has 29 heavy (non-hydrogen) atoms. The number of aryl methyl sites for hydroxylation is 1. The first-order chi connectivity index (χ1) is 14.1. The van der Waals surface area contributed by atoms with Crippen molar-refractivity contribution < 1.29 is 13.9 Å². The Kier molecular flexibility index (Phi) is 5.82. The van der Waals surface area contributed by atoms with Crippen LogP contribution >= 0.6 is 23.1 Å². The molecular formula is C21H19N3O3S2. The Hall–Kier alpha value is -2.84. The van der Waals surface area contributed by atoms with Crippen molar-refractivity contribution in [1.29, 1.82) is 0 Å². The normalized spacial score (nSPS) is 10.9. The van der Waals surface area contributed by atoms with Crippen molar-refractivity contribution in [3.8, 4) is 33.5 Å². The SMILES string of the molecule is COc1cc(OC)cc(-c2nnc(SCc3csc(-c4ccc(C)cc4)n3)o2)c1. The van der Waals surface area contributed by atoms with E-state index in [0.29, 0.717) is 28.4 Å². The second-order valence-corrected chi connectivity index (χ2v) is 8.06. The number of thioether (sulfide) groups is 1. The van der Waals surface area contributed by atoms with E-state index in [1.165, 1.54) is 17.3 Å². The summed E-state index contributed by atoms with van der Waals surface area (Å²) in [6.45, 7) is 2.08. The minimum absolute atomic E-state index is 0.420. The second kappa shape index (κ2) is 8.67. The molecule has 0 unspecified atom stereocenters. The lowest BCUT2D eigenvalue weighted by Crippen LogP contribution is -1.88. The number of methoxy groups -OCH3 is 2. The summed E-state index contributed by atoms with van der Waals surface area (Å²) in [4.78, 5) is 4.71. The molecular weight excluding hydrogens is 406 g/mol. The highest BCUT2D eigenvalue weighted by Gasteiger charge is 2.13. The Morgan fingerprint density at radius 2 is 1.69 bits per heavy atom. The average molecular weight is 426 g/mol. The summed E-state index contributed by atoms with van der Waals surface area (Å²) >= 11 is 3.10. The number of benzene rings is 2. The summed E-state index contributed by atoms with van der Waals surface area (Å²) in [5.41, 5.74) is 4.10. The molecule has 2 heterocycles. The van der Waals surface area contributed by atoms with Crippen molar-refractivity contribution in [3.63, 3.8) is 0 Å². The Morgan fingerprint density at radius 3 is 2.38 bits per heavy atom. The lowest BCUT2D eigenvalue weighted by atomic mass is 10.2. The average Bonchev–Trinajstić information content (AvgIpc) is 3.42. The third kappa shape index (κ3) is 4.60. The van der Waals surface area contributed by atoms with Gasteiger partial charge in [0.1, 0.15) is 16.5 Å². The second-order valence-electron chi connectivity index (χ2n) is 6.27. The molecule has 8 heteroatoms. The molecule has 0 saturated heterocycles. The lowest BCUT2D eigenvalue weighted by molar-refractivity contribution is 0.394. The molecule has 0 N–H and O–H groups in total. The van der Waals surface area contributed by atoms with Gasteiger partial charge in [-0.15, -0.1) is 21.5 Å². The fraction of sp³-hybridized carbons (Fsp3) is 0.190. The molecule has 0 aliphatic carbocycles. The zero-order chi connectivity index (χ0) is 20.2. The molecule has 0 spiro atoms. The molecule has 0 aliphatic rings. The fourth-order valence-electron chi connectivity index (χ4n) is 2.65. The van der Waals surface area contributed by atoms with Gasteiger partial charge < -0.3 is 13.9 Å². The molecule has 2 aromatic heterocycles. The molecule has 4 rings (SSSR count). The van der Waals surface area contributed by atoms with Crippen LogP contribution in [0.1, 0.15) is 11.3 Å². The van der Waals surface area contributed by atoms with Crippen molar-refractivity contribution in [3.05, 3.63) is 59.1 Å². The number of hydrogen-bond acceptors (Lipinski definition) is 8. The minimum Gasteiger partial charge on any atom is -0.497 e. The van der Waals surface area contributed by atoms with Gasteiger partial charge >= 0.3 is 0 Å². The number of hydrogen-bond donors (Lipinski definition) is 0. The van der Waals surface area contributed by atoms with Crippen LogP contribution < -0.4 is 9.47 Å². The van der Waals surface area contributed by atoms with E-state index in [1.54, 1.807) is 31.6 Å². The highest BCUT2D eigenvalue weighted by atomic mass is 32.2. The smallest absolute Gasteiger partial charge is 0.277 e. The third-order valence-corrected chi connectivity index (χ3v) is 5.99. The van der Waals surface area contributed by atoms with E-state index >= 15 is 0 Å². The molecule has 4 aromatic rings. The van der Waals surface area contributed by atoms with E-state index in [-0.39, 0.29) is 0 Å². The standard InChI is InChI=1S/C21H19N3O3S2/c1-13-4-6-14(7-5-13)20-22-16(11-28-20)12-29-21-24-23-19(27-21)15-8-17(25-2)10-18(9-15)26-3/h4-11H,12H2,1-3H3. The zero-order valence-electron chi connectivity index (χ0n) is 16.2. The van der Waals surface area contributed by atoms with Crippen molar-refractivity contribution in [2.24, 2.45) is 0 Å². The van der Waals surface area contributed by atoms with Crippen molar-refractivity contribution in [2.45, 2.75) is 17.9 Å². The number of ether oxygens (including phenoxy) is 2. The summed E-state index contributed by atoms with van der Waals surface area (Å²) in [6, 6.07) is 13.8. The van der Waals surface area contributed by atoms with Gasteiger partial charge in [-0.25, -0.2) is 4.98 Å². The maximum atomic E-state index is 5.80. The maximum Gasteiger partial charge on any atom is 0.277 e. The monoisotopic (exact) mass is 425 g/mol. The van der Waals surface area contributed by atoms with Gasteiger partial charge in [0.25, 0.3) is 5.22 Å². The van der Waals surface area contributed by atoms with E-state index in [9.17, 15) is 0 Å². The van der Waals surface area contributed by atoms with Crippen LogP contribution in [0.2, 0.25) is 0 Å². The summed E-state index contributed by atoms with van der Waals surface area (Å²) in [7, 11) is 3.21. The van der Waals surface area contributed by atoms with E-state index in [0.717, 1.165) is 21.8 Å². The van der Waals surface area contributed by atoms with Crippen LogP contribution in [-0.4, -0.2) is 29.4 Å². The van der Waals surface area contributed by atoms with E-state index in [1.807, 2.05) is 12.1 Å². The summed E-state index contributed by atoms with van der Waals surface area (Å²) in [6.07, 6.45) is 0. The first-order valence-electron chi connectivity index (χ1n) is 8.86. The Labute approximate surface area is 176 Å². The van der Waals surface area contributed by atoms with Crippen LogP contribution in [-0.2, 0) is 5.75 Å². The highest BCUT2D eigenvalue weighted by Crippen LogP contribution is 2.32. The highest BCUT2D eigenvalue weighted by molar-refractivity contribution is 7.98. The first-order valence-corrected chi connectivity index (χ1v) is 10.7. The zero-order valence-corrected chi connectivity index (χ0v) is 17.8. The van der Waals surface area contributed by atoms with Gasteiger partial charge in [-0.2, -0.15) is 0 Å². The van der Waals surface area contributed by atoms with Gasteiger partial charge in [0.05, 0.1) is 19.9 Å². The topological polar surface area (TPSA) is 70.3 Å². The predicted octanol–water partition coefficient (Wildman–Crippen LogP) is 5.48. The van der Waals surface area contributed by atoms with Gasteiger partial charge in [-0.05, 0) is 19.1 Å². The van der Waals surface area contributed by atoms with Crippen molar-refractivity contribution in [1.82, 2.24) is 15.2 Å². The van der Waals surface area contributed by atoms with Crippen molar-refractivity contribution >= 4 is 23.1 Å². The molecule has 0 amide bonds. The van der Waals surface area contributed by atoms with Crippen LogP contribution in [0.5, 0.6) is 11.5 Å². The van der Waals surface area contributed by atoms with Crippen LogP contribution in [0.15, 0.2) is 57.5 Å². The number of aromatic nitrogens is 3. The number of rotatable bonds is 7. The maximum absolute atomic E-state index is 5.80. The largest absolute Gasteiger partial charge is 0.497 e. The van der Waals surface area contributed by atoms with Gasteiger partial charge in [0.15, 0.2) is 0 Å². The number of thiazole rings is 1. The minimum atomic E-state index is 0.420. The predicted molar refractivity (Wildman–Crippen MR) is 115 cm³/mol. The summed E-state index contributed by atoms with van der Waals surface area (Å²) in [5, 5.41) is 11.8. The number of nitrogens with zero attached hydrogens (tertiary/aromatic N) is 3. The molecule has 0 bridgehead atoms. The Bertz CT molecular complexity index is 1080. The molecule has 6 nitrogen and oxygen atoms in total. The Morgan fingerprint density at radius 1 is 0.966 bits per heavy atom. The quantitative estimate of drug-likeness (QED) is 0.363. The van der Waals surface area contributed by atoms with Crippen LogP contribution in [0.25, 0.3) is 22.0 Å². The lowest BCUT2D eigenvalue weighted by Gasteiger charge is -2.05. The van der Waals surface area contributed by atoms with Crippen LogP contribution in [0, 0.1) is 6.92 Å². The summed E-state index contributed by atoms with van der Waals surface area (Å²) < 4.78 is 16.4.